The number of hydrogen-bond acceptors (Lipinski definition) is 7. The van der Waals surface area contributed by atoms with Gasteiger partial charge in [-0.25, -0.2) is 4.98 Å². The Bertz CT molecular complexity index is 1040. The lowest BCUT2D eigenvalue weighted by molar-refractivity contribution is 0.0663. The van der Waals surface area contributed by atoms with E-state index in [1.165, 1.54) is 11.3 Å². The fourth-order valence-corrected chi connectivity index (χ4v) is 5.34. The molecule has 1 aromatic carbocycles. The molecule has 1 fully saturated rings. The number of rotatable bonds is 2. The highest BCUT2D eigenvalue weighted by molar-refractivity contribution is 7.17. The zero-order chi connectivity index (χ0) is 21.8. The predicted octanol–water partition coefficient (Wildman–Crippen LogP) is 2.13. The molecule has 1 aromatic heterocycles. The summed E-state index contributed by atoms with van der Waals surface area (Å²) in [6.07, 6.45) is 0.709. The van der Waals surface area contributed by atoms with Crippen LogP contribution in [0.2, 0.25) is 0 Å². The lowest BCUT2D eigenvalue weighted by atomic mass is 9.94. The van der Waals surface area contributed by atoms with E-state index in [1.54, 1.807) is 0 Å². The zero-order valence-electron chi connectivity index (χ0n) is 18.1. The summed E-state index contributed by atoms with van der Waals surface area (Å²) in [6.45, 7) is 8.42. The van der Waals surface area contributed by atoms with Crippen molar-refractivity contribution in [3.63, 3.8) is 0 Å². The number of ether oxygens (including phenoxy) is 1. The molecule has 1 saturated heterocycles. The minimum absolute atomic E-state index is 0.0419. The van der Waals surface area contributed by atoms with E-state index in [0.29, 0.717) is 35.8 Å². The third kappa shape index (κ3) is 3.76. The number of nitrogens with zero attached hydrogens (tertiary/aromatic N) is 4. The molecule has 0 saturated carbocycles. The molecule has 164 valence electrons. The number of carbonyl (C=O) groups is 2. The van der Waals surface area contributed by atoms with E-state index < -0.39 is 0 Å². The third-order valence-electron chi connectivity index (χ3n) is 6.04. The van der Waals surface area contributed by atoms with Gasteiger partial charge in [-0.15, -0.1) is 0 Å². The maximum absolute atomic E-state index is 13.0. The molecular weight excluding hydrogens is 414 g/mol. The molecule has 4 heterocycles. The van der Waals surface area contributed by atoms with Gasteiger partial charge in [0.2, 0.25) is 0 Å². The van der Waals surface area contributed by atoms with Crippen LogP contribution in [-0.2, 0) is 6.42 Å². The largest absolute Gasteiger partial charge is 0.490 e. The molecule has 9 heteroatoms. The number of hydrogen-bond donors (Lipinski definition) is 1. The molecule has 2 amide bonds. The number of piperazine rings is 1. The van der Waals surface area contributed by atoms with Gasteiger partial charge in [-0.2, -0.15) is 0 Å². The number of fused-ring (bicyclic) bond motifs is 2. The molecule has 0 unspecified atom stereocenters. The molecule has 8 nitrogen and oxygen atoms in total. The first-order valence-corrected chi connectivity index (χ1v) is 11.5. The molecule has 3 aliphatic rings. The first-order chi connectivity index (χ1) is 14.8. The molecule has 0 aliphatic carbocycles. The Kier molecular flexibility index (Phi) is 4.90. The van der Waals surface area contributed by atoms with Crippen molar-refractivity contribution in [3.8, 4) is 5.75 Å². The zero-order valence-corrected chi connectivity index (χ0v) is 18.9. The number of nitrogens with one attached hydrogen (secondary N) is 1. The number of thiazole rings is 1. The standard InChI is InChI=1S/C22H27N5O3S/c1-22(2)13-15-18(19(28)24-22)31-21(23-15)27-10-11-30-17-12-14(4-5-16(17)27)20(29)26-8-6-25(3)7-9-26/h4-5,12H,6-11,13H2,1-3H3,(H,24,28). The van der Waals surface area contributed by atoms with E-state index in [4.69, 9.17) is 9.72 Å². The van der Waals surface area contributed by atoms with Gasteiger partial charge in [0, 0.05) is 43.7 Å². The summed E-state index contributed by atoms with van der Waals surface area (Å²) in [6, 6.07) is 5.64. The van der Waals surface area contributed by atoms with Gasteiger partial charge in [-0.05, 0) is 39.1 Å². The normalized spacial score (nSPS) is 20.5. The first-order valence-electron chi connectivity index (χ1n) is 10.7. The second-order valence-corrected chi connectivity index (χ2v) is 10.0. The monoisotopic (exact) mass is 441 g/mol. The van der Waals surface area contributed by atoms with Crippen molar-refractivity contribution >= 4 is 34.0 Å². The summed E-state index contributed by atoms with van der Waals surface area (Å²) >= 11 is 1.42. The van der Waals surface area contributed by atoms with Crippen LogP contribution in [-0.4, -0.2) is 78.5 Å². The van der Waals surface area contributed by atoms with Crippen LogP contribution in [0.25, 0.3) is 0 Å². The van der Waals surface area contributed by atoms with Gasteiger partial charge >= 0.3 is 0 Å². The van der Waals surface area contributed by atoms with Gasteiger partial charge < -0.3 is 24.8 Å². The summed E-state index contributed by atoms with van der Waals surface area (Å²) in [7, 11) is 2.07. The van der Waals surface area contributed by atoms with E-state index in [2.05, 4.69) is 22.2 Å². The van der Waals surface area contributed by atoms with Gasteiger partial charge in [0.05, 0.1) is 17.9 Å². The van der Waals surface area contributed by atoms with Crippen LogP contribution >= 0.6 is 11.3 Å². The average molecular weight is 442 g/mol. The summed E-state index contributed by atoms with van der Waals surface area (Å²) < 4.78 is 5.90. The average Bonchev–Trinajstić information content (AvgIpc) is 3.16. The molecule has 0 radical (unpaired) electrons. The van der Waals surface area contributed by atoms with Crippen LogP contribution in [0.5, 0.6) is 5.75 Å². The van der Waals surface area contributed by atoms with Gasteiger partial charge in [-0.3, -0.25) is 9.59 Å². The minimum atomic E-state index is -0.295. The number of amides is 2. The van der Waals surface area contributed by atoms with E-state index in [-0.39, 0.29) is 17.4 Å². The Morgan fingerprint density at radius 2 is 1.97 bits per heavy atom. The maximum atomic E-state index is 13.0. The minimum Gasteiger partial charge on any atom is -0.490 e. The Morgan fingerprint density at radius 3 is 2.74 bits per heavy atom. The fourth-order valence-electron chi connectivity index (χ4n) is 4.32. The molecule has 1 N–H and O–H groups in total. The first kappa shape index (κ1) is 20.3. The lowest BCUT2D eigenvalue weighted by Gasteiger charge is -2.33. The summed E-state index contributed by atoms with van der Waals surface area (Å²) in [4.78, 5) is 37.2. The van der Waals surface area contributed by atoms with Gasteiger partial charge in [0.1, 0.15) is 17.2 Å². The van der Waals surface area contributed by atoms with Gasteiger partial charge in [-0.1, -0.05) is 11.3 Å². The highest BCUT2D eigenvalue weighted by Gasteiger charge is 2.35. The van der Waals surface area contributed by atoms with Gasteiger partial charge in [0.15, 0.2) is 5.13 Å². The van der Waals surface area contributed by atoms with Crippen molar-refractivity contribution < 1.29 is 14.3 Å². The highest BCUT2D eigenvalue weighted by Crippen LogP contribution is 2.41. The molecule has 31 heavy (non-hydrogen) atoms. The molecule has 0 spiro atoms. The third-order valence-corrected chi connectivity index (χ3v) is 7.16. The Hall–Kier alpha value is -2.65. The van der Waals surface area contributed by atoms with E-state index in [0.717, 1.165) is 42.7 Å². The van der Waals surface area contributed by atoms with Crippen LogP contribution in [0, 0.1) is 0 Å². The number of likely N-dealkylation sites (N-methyl/N-ethyl adjacent to an activating group) is 1. The number of benzene rings is 1. The highest BCUT2D eigenvalue weighted by atomic mass is 32.1. The Balaban J connectivity index is 1.41. The summed E-state index contributed by atoms with van der Waals surface area (Å²) in [5, 5.41) is 3.84. The van der Waals surface area contributed by atoms with Crippen LogP contribution in [0.3, 0.4) is 0 Å². The fraction of sp³-hybridized carbons (Fsp3) is 0.500. The molecular formula is C22H27N5O3S. The van der Waals surface area contributed by atoms with E-state index in [9.17, 15) is 9.59 Å². The number of carbonyl (C=O) groups excluding carboxylic acids is 2. The smallest absolute Gasteiger partial charge is 0.263 e. The lowest BCUT2D eigenvalue weighted by Crippen LogP contribution is -2.48. The van der Waals surface area contributed by atoms with Gasteiger partial charge in [0.25, 0.3) is 11.8 Å². The molecule has 2 aromatic rings. The number of anilines is 2. The van der Waals surface area contributed by atoms with E-state index in [1.807, 2.05) is 36.9 Å². The molecule has 3 aliphatic heterocycles. The van der Waals surface area contributed by atoms with Crippen LogP contribution < -0.4 is 15.0 Å². The molecule has 0 atom stereocenters. The summed E-state index contributed by atoms with van der Waals surface area (Å²) in [5.41, 5.74) is 2.08. The topological polar surface area (TPSA) is 78.0 Å². The second-order valence-electron chi connectivity index (χ2n) is 9.07. The number of aromatic nitrogens is 1. The van der Waals surface area contributed by atoms with Crippen molar-refractivity contribution in [3.05, 3.63) is 34.3 Å². The predicted molar refractivity (Wildman–Crippen MR) is 120 cm³/mol. The van der Waals surface area contributed by atoms with Crippen molar-refractivity contribution in [1.29, 1.82) is 0 Å². The Morgan fingerprint density at radius 1 is 1.19 bits per heavy atom. The van der Waals surface area contributed by atoms with Crippen molar-refractivity contribution in [2.75, 3.05) is 51.3 Å². The SMILES string of the molecule is CN1CCN(C(=O)c2ccc3c(c2)OCCN3c2nc3c(s2)C(=O)NC(C)(C)C3)CC1. The van der Waals surface area contributed by atoms with Crippen LogP contribution in [0.4, 0.5) is 10.8 Å². The second kappa shape index (κ2) is 7.49. The van der Waals surface area contributed by atoms with Crippen molar-refractivity contribution in [2.24, 2.45) is 0 Å². The maximum Gasteiger partial charge on any atom is 0.263 e. The van der Waals surface area contributed by atoms with Crippen molar-refractivity contribution in [2.45, 2.75) is 25.8 Å². The van der Waals surface area contributed by atoms with Crippen molar-refractivity contribution in [1.82, 2.24) is 20.1 Å². The quantitative estimate of drug-likeness (QED) is 0.769. The molecule has 5 rings (SSSR count). The van der Waals surface area contributed by atoms with E-state index >= 15 is 0 Å². The summed E-state index contributed by atoms with van der Waals surface area (Å²) in [5.74, 6) is 0.668. The van der Waals surface area contributed by atoms with Crippen LogP contribution in [0.15, 0.2) is 18.2 Å². The Labute approximate surface area is 185 Å². The van der Waals surface area contributed by atoms with Crippen LogP contribution in [0.1, 0.15) is 39.6 Å². The molecule has 0 bridgehead atoms.